The fraction of sp³-hybridized carbons (Fsp3) is 0.478. The van der Waals surface area contributed by atoms with E-state index in [1.807, 2.05) is 17.9 Å². The number of amides is 1. The van der Waals surface area contributed by atoms with Gasteiger partial charge in [-0.15, -0.1) is 0 Å². The zero-order valence-electron chi connectivity index (χ0n) is 16.9. The van der Waals surface area contributed by atoms with Gasteiger partial charge in [0.15, 0.2) is 0 Å². The van der Waals surface area contributed by atoms with Crippen molar-refractivity contribution < 1.29 is 13.9 Å². The van der Waals surface area contributed by atoms with E-state index in [1.54, 1.807) is 0 Å². The van der Waals surface area contributed by atoms with E-state index in [0.717, 1.165) is 45.1 Å². The van der Waals surface area contributed by atoms with E-state index in [0.29, 0.717) is 18.7 Å². The molecule has 154 valence electrons. The minimum Gasteiger partial charge on any atom is -0.368 e. The highest BCUT2D eigenvalue weighted by molar-refractivity contribution is 5.94. The summed E-state index contributed by atoms with van der Waals surface area (Å²) >= 11 is 0. The van der Waals surface area contributed by atoms with Gasteiger partial charge in [0.1, 0.15) is 5.82 Å². The molecule has 2 saturated heterocycles. The summed E-state index contributed by atoms with van der Waals surface area (Å²) in [4.78, 5) is 21.0. The number of morpholine rings is 1. The first-order chi connectivity index (χ1) is 14.0. The van der Waals surface area contributed by atoms with Crippen LogP contribution in [0.1, 0.15) is 35.7 Å². The molecule has 2 aliphatic rings. The Labute approximate surface area is 171 Å². The number of aromatic nitrogens is 1. The molecule has 2 fully saturated rings. The number of likely N-dealkylation sites (tertiary alicyclic amines) is 1. The van der Waals surface area contributed by atoms with E-state index in [2.05, 4.69) is 34.1 Å². The van der Waals surface area contributed by atoms with Gasteiger partial charge >= 0.3 is 0 Å². The van der Waals surface area contributed by atoms with Crippen molar-refractivity contribution in [3.63, 3.8) is 0 Å². The van der Waals surface area contributed by atoms with Crippen molar-refractivity contribution in [2.24, 2.45) is 0 Å². The third kappa shape index (κ3) is 4.82. The minimum absolute atomic E-state index is 0.0370. The van der Waals surface area contributed by atoms with Crippen molar-refractivity contribution in [1.82, 2.24) is 14.8 Å². The van der Waals surface area contributed by atoms with Crippen LogP contribution in [0.5, 0.6) is 0 Å². The van der Waals surface area contributed by atoms with E-state index in [4.69, 9.17) is 4.74 Å². The summed E-state index contributed by atoms with van der Waals surface area (Å²) in [5, 5.41) is 0. The van der Waals surface area contributed by atoms with Crippen molar-refractivity contribution in [2.75, 3.05) is 32.7 Å². The quantitative estimate of drug-likeness (QED) is 0.795. The van der Waals surface area contributed by atoms with Crippen LogP contribution in [0.2, 0.25) is 0 Å². The predicted molar refractivity (Wildman–Crippen MR) is 109 cm³/mol. The maximum absolute atomic E-state index is 13.5. The SMILES string of the molecule is CC1CN(C(=O)c2cncc(F)c2)CC2(CCN(CCc3ccccc3)CC2)O1. The number of carbonyl (C=O) groups excluding carboxylic acids is 1. The standard InChI is InChI=1S/C23H28FN3O2/c1-18-16-27(22(28)20-13-21(24)15-25-14-20)17-23(29-18)8-11-26(12-9-23)10-7-19-5-3-2-4-6-19/h2-6,13-15,18H,7-12,16-17H2,1H3. The molecule has 1 aromatic heterocycles. The van der Waals surface area contributed by atoms with E-state index in [9.17, 15) is 9.18 Å². The summed E-state index contributed by atoms with van der Waals surface area (Å²) in [6, 6.07) is 11.8. The molecule has 2 aliphatic heterocycles. The number of pyridine rings is 1. The van der Waals surface area contributed by atoms with Gasteiger partial charge in [0.05, 0.1) is 30.0 Å². The number of hydrogen-bond donors (Lipinski definition) is 0. The van der Waals surface area contributed by atoms with Gasteiger partial charge in [-0.3, -0.25) is 9.78 Å². The molecule has 6 heteroatoms. The van der Waals surface area contributed by atoms with Crippen molar-refractivity contribution >= 4 is 5.91 Å². The molecule has 1 aromatic carbocycles. The summed E-state index contributed by atoms with van der Waals surface area (Å²) in [5.41, 5.74) is 1.35. The highest BCUT2D eigenvalue weighted by atomic mass is 19.1. The molecule has 1 amide bonds. The van der Waals surface area contributed by atoms with Crippen molar-refractivity contribution in [3.05, 3.63) is 65.7 Å². The minimum atomic E-state index is -0.487. The Morgan fingerprint density at radius 2 is 2.00 bits per heavy atom. The summed E-state index contributed by atoms with van der Waals surface area (Å²) in [7, 11) is 0. The molecule has 1 spiro atoms. The Balaban J connectivity index is 1.36. The first-order valence-electron chi connectivity index (χ1n) is 10.4. The normalized spacial score (nSPS) is 22.0. The molecule has 0 radical (unpaired) electrons. The topological polar surface area (TPSA) is 45.7 Å². The average Bonchev–Trinajstić information content (AvgIpc) is 2.73. The number of piperidine rings is 1. The third-order valence-electron chi connectivity index (χ3n) is 5.97. The van der Waals surface area contributed by atoms with Crippen LogP contribution in [-0.2, 0) is 11.2 Å². The zero-order chi connectivity index (χ0) is 20.3. The molecule has 3 heterocycles. The second-order valence-corrected chi connectivity index (χ2v) is 8.27. The fourth-order valence-corrected chi connectivity index (χ4v) is 4.48. The maximum atomic E-state index is 13.5. The van der Waals surface area contributed by atoms with Gasteiger partial charge in [-0.1, -0.05) is 30.3 Å². The second-order valence-electron chi connectivity index (χ2n) is 8.27. The van der Waals surface area contributed by atoms with Crippen molar-refractivity contribution in [3.8, 4) is 0 Å². The van der Waals surface area contributed by atoms with Crippen LogP contribution in [0.25, 0.3) is 0 Å². The summed E-state index contributed by atoms with van der Waals surface area (Å²) in [5.74, 6) is -0.656. The van der Waals surface area contributed by atoms with E-state index < -0.39 is 5.82 Å². The van der Waals surface area contributed by atoms with E-state index >= 15 is 0 Å². The molecule has 2 aromatic rings. The highest BCUT2D eigenvalue weighted by Gasteiger charge is 2.43. The number of nitrogens with zero attached hydrogens (tertiary/aromatic N) is 3. The van der Waals surface area contributed by atoms with Gasteiger partial charge in [0.25, 0.3) is 5.91 Å². The largest absolute Gasteiger partial charge is 0.368 e. The number of carbonyl (C=O) groups is 1. The lowest BCUT2D eigenvalue weighted by Crippen LogP contribution is -2.60. The lowest BCUT2D eigenvalue weighted by Gasteiger charge is -2.49. The summed E-state index contributed by atoms with van der Waals surface area (Å²) in [6.45, 7) is 6.04. The monoisotopic (exact) mass is 397 g/mol. The fourth-order valence-electron chi connectivity index (χ4n) is 4.48. The predicted octanol–water partition coefficient (Wildman–Crippen LogP) is 3.16. The third-order valence-corrected chi connectivity index (χ3v) is 5.97. The van der Waals surface area contributed by atoms with E-state index in [1.165, 1.54) is 17.8 Å². The van der Waals surface area contributed by atoms with Gasteiger partial charge in [-0.25, -0.2) is 4.39 Å². The van der Waals surface area contributed by atoms with Gasteiger partial charge in [-0.05, 0) is 37.8 Å². The second kappa shape index (κ2) is 8.59. The highest BCUT2D eigenvalue weighted by Crippen LogP contribution is 2.33. The first-order valence-corrected chi connectivity index (χ1v) is 10.4. The van der Waals surface area contributed by atoms with Crippen LogP contribution in [0, 0.1) is 5.82 Å². The Hall–Kier alpha value is -2.31. The number of rotatable bonds is 4. The molecule has 0 aliphatic carbocycles. The lowest BCUT2D eigenvalue weighted by molar-refractivity contribution is -0.161. The summed E-state index contributed by atoms with van der Waals surface area (Å²) < 4.78 is 19.8. The van der Waals surface area contributed by atoms with E-state index in [-0.39, 0.29) is 17.6 Å². The average molecular weight is 397 g/mol. The van der Waals surface area contributed by atoms with Gasteiger partial charge in [0.2, 0.25) is 0 Å². The summed E-state index contributed by atoms with van der Waals surface area (Å²) in [6.07, 6.45) is 5.36. The maximum Gasteiger partial charge on any atom is 0.255 e. The molecule has 0 bridgehead atoms. The molecule has 5 nitrogen and oxygen atoms in total. The number of ether oxygens (including phenoxy) is 1. The van der Waals surface area contributed by atoms with Gasteiger partial charge in [0, 0.05) is 32.4 Å². The molecular weight excluding hydrogens is 369 g/mol. The van der Waals surface area contributed by atoms with Crippen molar-refractivity contribution in [1.29, 1.82) is 0 Å². The van der Waals surface area contributed by atoms with Crippen LogP contribution in [-0.4, -0.2) is 65.1 Å². The Morgan fingerprint density at radius 3 is 2.72 bits per heavy atom. The first kappa shape index (κ1) is 20.0. The van der Waals surface area contributed by atoms with Crippen LogP contribution in [0.15, 0.2) is 48.8 Å². The number of hydrogen-bond acceptors (Lipinski definition) is 4. The van der Waals surface area contributed by atoms with Gasteiger partial charge in [-0.2, -0.15) is 0 Å². The zero-order valence-corrected chi connectivity index (χ0v) is 16.9. The molecule has 0 N–H and O–H groups in total. The molecule has 29 heavy (non-hydrogen) atoms. The number of benzene rings is 1. The smallest absolute Gasteiger partial charge is 0.255 e. The number of halogens is 1. The lowest BCUT2D eigenvalue weighted by atomic mass is 9.88. The van der Waals surface area contributed by atoms with Crippen LogP contribution in [0.4, 0.5) is 4.39 Å². The van der Waals surface area contributed by atoms with Crippen LogP contribution >= 0.6 is 0 Å². The molecular formula is C23H28FN3O2. The van der Waals surface area contributed by atoms with Crippen LogP contribution in [0.3, 0.4) is 0 Å². The van der Waals surface area contributed by atoms with Crippen molar-refractivity contribution in [2.45, 2.75) is 37.9 Å². The molecule has 0 saturated carbocycles. The Morgan fingerprint density at radius 1 is 1.24 bits per heavy atom. The van der Waals surface area contributed by atoms with Crippen LogP contribution < -0.4 is 0 Å². The molecule has 4 rings (SSSR count). The molecule has 1 atom stereocenters. The molecule has 1 unspecified atom stereocenters. The van der Waals surface area contributed by atoms with Gasteiger partial charge < -0.3 is 14.5 Å². The Kier molecular flexibility index (Phi) is 5.92. The Bertz CT molecular complexity index is 837.